The molecule has 18 heavy (non-hydrogen) atoms. The molecule has 0 aromatic heterocycles. The third-order valence-electron chi connectivity index (χ3n) is 2.82. The molecule has 2 aromatic carbocycles. The highest BCUT2D eigenvalue weighted by Crippen LogP contribution is 2.21. The van der Waals surface area contributed by atoms with Gasteiger partial charge in [-0.3, -0.25) is 0 Å². The number of hydrogen-bond acceptors (Lipinski definition) is 2. The van der Waals surface area contributed by atoms with Crippen molar-refractivity contribution in [1.82, 2.24) is 0 Å². The third kappa shape index (κ3) is 3.90. The molecule has 0 atom stereocenters. The molecular formula is C16H19NO. The van der Waals surface area contributed by atoms with Gasteiger partial charge in [0.2, 0.25) is 0 Å². The Morgan fingerprint density at radius 2 is 1.44 bits per heavy atom. The Hall–Kier alpha value is -1.80. The van der Waals surface area contributed by atoms with E-state index in [1.165, 1.54) is 5.56 Å². The first-order valence-corrected chi connectivity index (χ1v) is 6.40. The van der Waals surface area contributed by atoms with Crippen molar-refractivity contribution >= 4 is 0 Å². The highest BCUT2D eigenvalue weighted by atomic mass is 16.5. The molecule has 94 valence electrons. The van der Waals surface area contributed by atoms with Gasteiger partial charge in [-0.15, -0.1) is 0 Å². The van der Waals surface area contributed by atoms with Crippen LogP contribution in [-0.4, -0.2) is 6.54 Å². The zero-order chi connectivity index (χ0) is 12.6. The molecule has 0 heterocycles. The maximum absolute atomic E-state index is 5.74. The van der Waals surface area contributed by atoms with Crippen molar-refractivity contribution in [1.29, 1.82) is 0 Å². The van der Waals surface area contributed by atoms with Crippen LogP contribution in [0.15, 0.2) is 54.6 Å². The molecule has 0 bridgehead atoms. The summed E-state index contributed by atoms with van der Waals surface area (Å²) >= 11 is 0. The number of nitrogens with two attached hydrogens (primary N) is 1. The summed E-state index contributed by atoms with van der Waals surface area (Å²) < 4.78 is 5.74. The first-order chi connectivity index (χ1) is 8.88. The summed E-state index contributed by atoms with van der Waals surface area (Å²) in [7, 11) is 0. The minimum absolute atomic E-state index is 0.773. The molecule has 0 fully saturated rings. The molecule has 0 saturated carbocycles. The molecule has 2 aromatic rings. The van der Waals surface area contributed by atoms with E-state index in [4.69, 9.17) is 10.5 Å². The number of ether oxygens (including phenoxy) is 1. The van der Waals surface area contributed by atoms with Gasteiger partial charge >= 0.3 is 0 Å². The largest absolute Gasteiger partial charge is 0.457 e. The maximum atomic E-state index is 5.74. The second-order valence-electron chi connectivity index (χ2n) is 4.30. The molecule has 2 rings (SSSR count). The van der Waals surface area contributed by atoms with Gasteiger partial charge in [-0.25, -0.2) is 0 Å². The van der Waals surface area contributed by atoms with Crippen LogP contribution in [0, 0.1) is 0 Å². The highest BCUT2D eigenvalue weighted by Gasteiger charge is 1.97. The van der Waals surface area contributed by atoms with E-state index in [1.54, 1.807) is 0 Å². The molecule has 0 unspecified atom stereocenters. The van der Waals surface area contributed by atoms with Crippen LogP contribution in [0.5, 0.6) is 11.5 Å². The van der Waals surface area contributed by atoms with Gasteiger partial charge in [0.15, 0.2) is 0 Å². The number of unbranched alkanes of at least 4 members (excludes halogenated alkanes) is 1. The van der Waals surface area contributed by atoms with Crippen LogP contribution in [0.2, 0.25) is 0 Å². The number of aryl methyl sites for hydroxylation is 1. The van der Waals surface area contributed by atoms with Crippen LogP contribution in [0.1, 0.15) is 18.4 Å². The summed E-state index contributed by atoms with van der Waals surface area (Å²) in [5.41, 5.74) is 6.82. The van der Waals surface area contributed by atoms with E-state index in [0.717, 1.165) is 37.3 Å². The Morgan fingerprint density at radius 3 is 2.11 bits per heavy atom. The van der Waals surface area contributed by atoms with Crippen molar-refractivity contribution in [3.63, 3.8) is 0 Å². The Kier molecular flexibility index (Phi) is 4.79. The highest BCUT2D eigenvalue weighted by molar-refractivity contribution is 5.32. The second-order valence-corrected chi connectivity index (χ2v) is 4.30. The Morgan fingerprint density at radius 1 is 0.778 bits per heavy atom. The van der Waals surface area contributed by atoms with Gasteiger partial charge in [-0.05, 0) is 55.6 Å². The first kappa shape index (κ1) is 12.7. The predicted octanol–water partition coefficient (Wildman–Crippen LogP) is 3.76. The molecule has 2 N–H and O–H groups in total. The molecule has 2 heteroatoms. The first-order valence-electron chi connectivity index (χ1n) is 6.40. The van der Waals surface area contributed by atoms with E-state index in [2.05, 4.69) is 12.1 Å². The minimum atomic E-state index is 0.773. The SMILES string of the molecule is NCCCCc1ccc(Oc2ccccc2)cc1. The molecular weight excluding hydrogens is 222 g/mol. The summed E-state index contributed by atoms with van der Waals surface area (Å²) in [6.45, 7) is 0.773. The summed E-state index contributed by atoms with van der Waals surface area (Å²) in [6, 6.07) is 18.1. The fourth-order valence-electron chi connectivity index (χ4n) is 1.82. The Bertz CT molecular complexity index is 450. The monoisotopic (exact) mass is 241 g/mol. The van der Waals surface area contributed by atoms with Crippen molar-refractivity contribution in [3.8, 4) is 11.5 Å². The summed E-state index contributed by atoms with van der Waals surface area (Å²) in [5.74, 6) is 1.75. The fourth-order valence-corrected chi connectivity index (χ4v) is 1.82. The lowest BCUT2D eigenvalue weighted by Gasteiger charge is -2.06. The smallest absolute Gasteiger partial charge is 0.127 e. The van der Waals surface area contributed by atoms with Gasteiger partial charge in [0, 0.05) is 0 Å². The van der Waals surface area contributed by atoms with Gasteiger partial charge in [-0.2, -0.15) is 0 Å². The topological polar surface area (TPSA) is 35.2 Å². The van der Waals surface area contributed by atoms with Crippen LogP contribution in [0.3, 0.4) is 0 Å². The Labute approximate surface area is 108 Å². The second kappa shape index (κ2) is 6.82. The number of rotatable bonds is 6. The van der Waals surface area contributed by atoms with Crippen LogP contribution in [-0.2, 0) is 6.42 Å². The van der Waals surface area contributed by atoms with Crippen LogP contribution in [0.25, 0.3) is 0 Å². The number of para-hydroxylation sites is 1. The van der Waals surface area contributed by atoms with E-state index in [0.29, 0.717) is 0 Å². The van der Waals surface area contributed by atoms with E-state index in [1.807, 2.05) is 42.5 Å². The lowest BCUT2D eigenvalue weighted by atomic mass is 10.1. The zero-order valence-electron chi connectivity index (χ0n) is 10.5. The van der Waals surface area contributed by atoms with E-state index >= 15 is 0 Å². The third-order valence-corrected chi connectivity index (χ3v) is 2.82. The van der Waals surface area contributed by atoms with Gasteiger partial charge < -0.3 is 10.5 Å². The van der Waals surface area contributed by atoms with Crippen molar-refractivity contribution in [2.75, 3.05) is 6.54 Å². The van der Waals surface area contributed by atoms with Gasteiger partial charge in [0.05, 0.1) is 0 Å². The van der Waals surface area contributed by atoms with Crippen molar-refractivity contribution in [2.45, 2.75) is 19.3 Å². The maximum Gasteiger partial charge on any atom is 0.127 e. The Balaban J connectivity index is 1.91. The van der Waals surface area contributed by atoms with E-state index < -0.39 is 0 Å². The average Bonchev–Trinajstić information content (AvgIpc) is 2.42. The predicted molar refractivity (Wildman–Crippen MR) is 75.0 cm³/mol. The van der Waals surface area contributed by atoms with Gasteiger partial charge in [0.25, 0.3) is 0 Å². The molecule has 0 amide bonds. The van der Waals surface area contributed by atoms with Crippen LogP contribution >= 0.6 is 0 Å². The molecule has 0 radical (unpaired) electrons. The fraction of sp³-hybridized carbons (Fsp3) is 0.250. The van der Waals surface area contributed by atoms with E-state index in [-0.39, 0.29) is 0 Å². The van der Waals surface area contributed by atoms with E-state index in [9.17, 15) is 0 Å². The molecule has 0 saturated heterocycles. The minimum Gasteiger partial charge on any atom is -0.457 e. The standard InChI is InChI=1S/C16H19NO/c17-13-5-4-6-14-9-11-16(12-10-14)18-15-7-2-1-3-8-15/h1-3,7-12H,4-6,13,17H2. The number of benzene rings is 2. The normalized spacial score (nSPS) is 10.3. The molecule has 0 aliphatic rings. The number of hydrogen-bond donors (Lipinski definition) is 1. The van der Waals surface area contributed by atoms with Gasteiger partial charge in [-0.1, -0.05) is 30.3 Å². The summed E-state index contributed by atoms with van der Waals surface area (Å²) in [5, 5.41) is 0. The van der Waals surface area contributed by atoms with Crippen molar-refractivity contribution in [2.24, 2.45) is 5.73 Å². The van der Waals surface area contributed by atoms with Crippen molar-refractivity contribution < 1.29 is 4.74 Å². The molecule has 0 aliphatic heterocycles. The lowest BCUT2D eigenvalue weighted by Crippen LogP contribution is -1.98. The van der Waals surface area contributed by atoms with Crippen LogP contribution < -0.4 is 10.5 Å². The quantitative estimate of drug-likeness (QED) is 0.781. The van der Waals surface area contributed by atoms with Crippen molar-refractivity contribution in [3.05, 3.63) is 60.2 Å². The summed E-state index contributed by atoms with van der Waals surface area (Å²) in [4.78, 5) is 0. The zero-order valence-corrected chi connectivity index (χ0v) is 10.5. The molecule has 0 spiro atoms. The lowest BCUT2D eigenvalue weighted by molar-refractivity contribution is 0.482. The van der Waals surface area contributed by atoms with Crippen LogP contribution in [0.4, 0.5) is 0 Å². The van der Waals surface area contributed by atoms with Gasteiger partial charge in [0.1, 0.15) is 11.5 Å². The summed E-state index contributed by atoms with van der Waals surface area (Å²) in [6.07, 6.45) is 3.32. The average molecular weight is 241 g/mol. The molecule has 0 aliphatic carbocycles. The molecule has 2 nitrogen and oxygen atoms in total.